The first-order chi connectivity index (χ1) is 17.4. The third-order valence-electron chi connectivity index (χ3n) is 4.42. The van der Waals surface area contributed by atoms with Crippen molar-refractivity contribution in [3.05, 3.63) is 69.8 Å². The molecule has 39 heavy (non-hydrogen) atoms. The first-order valence-electron chi connectivity index (χ1n) is 9.46. The van der Waals surface area contributed by atoms with Gasteiger partial charge < -0.3 is 5.32 Å². The Labute approximate surface area is 206 Å². The van der Waals surface area contributed by atoms with Gasteiger partial charge in [-0.3, -0.25) is 14.9 Å². The summed E-state index contributed by atoms with van der Waals surface area (Å²) < 4.78 is 175. The van der Waals surface area contributed by atoms with Crippen molar-refractivity contribution in [1.82, 2.24) is 0 Å². The SMILES string of the molecule is O=C(Nc1cccc(C(F)(F)C(F)(F)OC(F)(F)C(F)(F)C(F)(F)OC(F)(F)F)c1)c1ccc([N+](=O)[O-])cc1. The van der Waals surface area contributed by atoms with Crippen LogP contribution in [0.25, 0.3) is 0 Å². The van der Waals surface area contributed by atoms with Crippen LogP contribution < -0.4 is 5.32 Å². The molecule has 1 N–H and O–H groups in total. The highest BCUT2D eigenvalue weighted by atomic mass is 19.4. The van der Waals surface area contributed by atoms with Crippen molar-refractivity contribution in [2.45, 2.75) is 36.5 Å². The highest BCUT2D eigenvalue weighted by Gasteiger charge is 2.80. The maximum Gasteiger partial charge on any atom is 0.527 e. The van der Waals surface area contributed by atoms with Crippen LogP contribution in [-0.2, 0) is 15.4 Å². The molecular formula is C19H9F13N2O5. The number of non-ortho nitro benzene ring substituents is 1. The van der Waals surface area contributed by atoms with Crippen LogP contribution in [0.5, 0.6) is 0 Å². The van der Waals surface area contributed by atoms with E-state index in [2.05, 4.69) is 0 Å². The van der Waals surface area contributed by atoms with E-state index in [-0.39, 0.29) is 17.7 Å². The molecule has 0 radical (unpaired) electrons. The number of carbonyl (C=O) groups excluding carboxylic acids is 1. The third kappa shape index (κ3) is 6.67. The largest absolute Gasteiger partial charge is 0.527 e. The Hall–Kier alpha value is -3.68. The summed E-state index contributed by atoms with van der Waals surface area (Å²) in [6, 6.07) is 4.88. The van der Waals surface area contributed by atoms with Crippen LogP contribution in [0.15, 0.2) is 48.5 Å². The van der Waals surface area contributed by atoms with E-state index in [1.54, 1.807) is 0 Å². The van der Waals surface area contributed by atoms with E-state index >= 15 is 0 Å². The number of hydrogen-bond acceptors (Lipinski definition) is 5. The maximum absolute atomic E-state index is 14.4. The summed E-state index contributed by atoms with van der Waals surface area (Å²) in [5.41, 5.74) is -3.56. The number of amides is 1. The van der Waals surface area contributed by atoms with Crippen LogP contribution in [0, 0.1) is 10.1 Å². The Balaban J connectivity index is 2.31. The van der Waals surface area contributed by atoms with Crippen molar-refractivity contribution < 1.29 is 76.3 Å². The van der Waals surface area contributed by atoms with Gasteiger partial charge >= 0.3 is 36.5 Å². The minimum atomic E-state index is -7.56. The second-order valence-electron chi connectivity index (χ2n) is 7.19. The highest BCUT2D eigenvalue weighted by molar-refractivity contribution is 6.04. The van der Waals surface area contributed by atoms with Gasteiger partial charge in [0, 0.05) is 28.9 Å². The van der Waals surface area contributed by atoms with Gasteiger partial charge in [0.25, 0.3) is 11.6 Å². The number of ether oxygens (including phenoxy) is 2. The molecule has 0 heterocycles. The fourth-order valence-electron chi connectivity index (χ4n) is 2.57. The molecule has 0 bridgehead atoms. The van der Waals surface area contributed by atoms with Gasteiger partial charge in [0.2, 0.25) is 0 Å². The number of rotatable bonds is 10. The average Bonchev–Trinajstić information content (AvgIpc) is 2.76. The third-order valence-corrected chi connectivity index (χ3v) is 4.42. The van der Waals surface area contributed by atoms with E-state index < -0.39 is 64.3 Å². The van der Waals surface area contributed by atoms with Crippen molar-refractivity contribution >= 4 is 17.3 Å². The molecule has 216 valence electrons. The molecule has 0 aromatic heterocycles. The summed E-state index contributed by atoms with van der Waals surface area (Å²) in [7, 11) is 0. The highest BCUT2D eigenvalue weighted by Crippen LogP contribution is 2.54. The fraction of sp³-hybridized carbons (Fsp3) is 0.316. The number of benzene rings is 2. The van der Waals surface area contributed by atoms with E-state index in [1.165, 1.54) is 4.74 Å². The molecule has 0 unspecified atom stereocenters. The lowest BCUT2D eigenvalue weighted by Gasteiger charge is -2.35. The molecule has 2 aromatic carbocycles. The second-order valence-corrected chi connectivity index (χ2v) is 7.19. The zero-order valence-corrected chi connectivity index (χ0v) is 18.0. The normalized spacial score (nSPS) is 13.8. The van der Waals surface area contributed by atoms with Crippen LogP contribution >= 0.6 is 0 Å². The van der Waals surface area contributed by atoms with E-state index in [0.717, 1.165) is 30.3 Å². The summed E-state index contributed by atoms with van der Waals surface area (Å²) >= 11 is 0. The topological polar surface area (TPSA) is 90.7 Å². The Morgan fingerprint density at radius 2 is 1.26 bits per heavy atom. The van der Waals surface area contributed by atoms with Crippen LogP contribution in [0.3, 0.4) is 0 Å². The lowest BCUT2D eigenvalue weighted by molar-refractivity contribution is -0.535. The summed E-state index contributed by atoms with van der Waals surface area (Å²) in [6.07, 6.45) is -28.1. The molecule has 0 saturated carbocycles. The molecule has 20 heteroatoms. The minimum Gasteiger partial charge on any atom is -0.322 e. The number of halogens is 13. The molecule has 2 aromatic rings. The zero-order valence-electron chi connectivity index (χ0n) is 18.0. The molecule has 0 saturated heterocycles. The van der Waals surface area contributed by atoms with Gasteiger partial charge in [-0.25, -0.2) is 9.47 Å². The lowest BCUT2D eigenvalue weighted by Crippen LogP contribution is -2.61. The van der Waals surface area contributed by atoms with Gasteiger partial charge in [0.05, 0.1) is 4.92 Å². The van der Waals surface area contributed by atoms with E-state index in [1.807, 2.05) is 10.1 Å². The molecular weight excluding hydrogens is 583 g/mol. The molecule has 7 nitrogen and oxygen atoms in total. The molecule has 2 rings (SSSR count). The first kappa shape index (κ1) is 31.5. The Morgan fingerprint density at radius 3 is 1.74 bits per heavy atom. The molecule has 0 fully saturated rings. The summed E-state index contributed by atoms with van der Waals surface area (Å²) in [5, 5.41) is 12.5. The summed E-state index contributed by atoms with van der Waals surface area (Å²) in [6.45, 7) is 0. The van der Waals surface area contributed by atoms with Crippen molar-refractivity contribution in [3.8, 4) is 0 Å². The van der Waals surface area contributed by atoms with Crippen molar-refractivity contribution in [2.24, 2.45) is 0 Å². The molecule has 0 spiro atoms. The average molecular weight is 592 g/mol. The van der Waals surface area contributed by atoms with E-state index in [0.29, 0.717) is 6.07 Å². The number of nitrogens with zero attached hydrogens (tertiary/aromatic N) is 1. The first-order valence-corrected chi connectivity index (χ1v) is 9.46. The van der Waals surface area contributed by atoms with Crippen molar-refractivity contribution in [3.63, 3.8) is 0 Å². The van der Waals surface area contributed by atoms with Crippen molar-refractivity contribution in [1.29, 1.82) is 0 Å². The zero-order chi connectivity index (χ0) is 30.2. The van der Waals surface area contributed by atoms with Crippen molar-refractivity contribution in [2.75, 3.05) is 5.32 Å². The van der Waals surface area contributed by atoms with Gasteiger partial charge in [-0.2, -0.15) is 43.9 Å². The maximum atomic E-state index is 14.4. The Morgan fingerprint density at radius 1 is 0.744 bits per heavy atom. The Bertz CT molecular complexity index is 1220. The van der Waals surface area contributed by atoms with Crippen LogP contribution in [0.2, 0.25) is 0 Å². The van der Waals surface area contributed by atoms with Crippen LogP contribution in [0.1, 0.15) is 15.9 Å². The number of anilines is 1. The van der Waals surface area contributed by atoms with Gasteiger partial charge in [-0.05, 0) is 24.3 Å². The van der Waals surface area contributed by atoms with Gasteiger partial charge in [0.1, 0.15) is 0 Å². The molecule has 0 aliphatic carbocycles. The number of hydrogen-bond donors (Lipinski definition) is 1. The molecule has 1 amide bonds. The number of nitro benzene ring substituents is 1. The van der Waals surface area contributed by atoms with Gasteiger partial charge in [0.15, 0.2) is 0 Å². The van der Waals surface area contributed by atoms with Crippen LogP contribution in [0.4, 0.5) is 68.5 Å². The summed E-state index contributed by atoms with van der Waals surface area (Å²) in [5.74, 6) is -14.8. The summed E-state index contributed by atoms with van der Waals surface area (Å²) in [4.78, 5) is 21.9. The van der Waals surface area contributed by atoms with Gasteiger partial charge in [-0.1, -0.05) is 12.1 Å². The lowest BCUT2D eigenvalue weighted by atomic mass is 10.1. The molecule has 0 aliphatic rings. The smallest absolute Gasteiger partial charge is 0.322 e. The predicted molar refractivity (Wildman–Crippen MR) is 99.4 cm³/mol. The standard InChI is InChI=1S/C19H9F13N2O5/c20-14(21,16(24,25)38-17(26,27)15(22,23)18(28,29)39-19(30,31)32)10-2-1-3-11(8-10)33-13(35)9-4-6-12(7-5-9)34(36)37/h1-8H,(H,33,35). The number of alkyl halides is 13. The van der Waals surface area contributed by atoms with E-state index in [9.17, 15) is 72.0 Å². The second kappa shape index (κ2) is 10.1. The quantitative estimate of drug-likeness (QED) is 0.184. The van der Waals surface area contributed by atoms with E-state index in [4.69, 9.17) is 0 Å². The predicted octanol–water partition coefficient (Wildman–Crippen LogP) is 6.91. The number of carbonyl (C=O) groups is 1. The number of nitro groups is 1. The number of nitrogens with one attached hydrogen (secondary N) is 1. The van der Waals surface area contributed by atoms with Crippen LogP contribution in [-0.4, -0.2) is 41.4 Å². The molecule has 0 aliphatic heterocycles. The minimum absolute atomic E-state index is 0.00177. The Kier molecular flexibility index (Phi) is 8.19. The monoisotopic (exact) mass is 592 g/mol. The fourth-order valence-corrected chi connectivity index (χ4v) is 2.57. The van der Waals surface area contributed by atoms with Gasteiger partial charge in [-0.15, -0.1) is 13.2 Å². The molecule has 0 atom stereocenters.